The zero-order valence-electron chi connectivity index (χ0n) is 9.29. The number of rotatable bonds is 0. The molecule has 1 rings (SSSR count). The van der Waals surface area contributed by atoms with Gasteiger partial charge in [-0.2, -0.15) is 0 Å². The molecule has 0 saturated carbocycles. The molecular weight excluding hydrogens is 200 g/mol. The molecule has 0 atom stereocenters. The molecule has 0 aromatic carbocycles. The summed E-state index contributed by atoms with van der Waals surface area (Å²) in [6, 6.07) is 0. The van der Waals surface area contributed by atoms with Crippen LogP contribution in [0, 0.1) is 0 Å². The summed E-state index contributed by atoms with van der Waals surface area (Å²) in [6.45, 7) is 6.77. The quantitative estimate of drug-likeness (QED) is 0.577. The Hall–Kier alpha value is -0.130. The normalized spacial score (nSPS) is 32.4. The molecule has 84 valence electrons. The molecule has 0 radical (unpaired) electrons. The summed E-state index contributed by atoms with van der Waals surface area (Å²) in [5, 5.41) is 0. The average molecular weight is 220 g/mol. The fraction of sp³-hybridized carbons (Fsp3) is 1.00. The van der Waals surface area contributed by atoms with Crippen LogP contribution in [0.2, 0.25) is 0 Å². The molecule has 0 amide bonds. The van der Waals surface area contributed by atoms with Crippen molar-refractivity contribution in [2.24, 2.45) is 11.5 Å². The lowest BCUT2D eigenvalue weighted by Crippen LogP contribution is -2.66. The van der Waals surface area contributed by atoms with E-state index in [0.29, 0.717) is 12.8 Å². The summed E-state index contributed by atoms with van der Waals surface area (Å²) in [5.74, 6) is 0. The van der Waals surface area contributed by atoms with Gasteiger partial charge < -0.3 is 11.5 Å². The van der Waals surface area contributed by atoms with Crippen LogP contribution in [0.25, 0.3) is 0 Å². The van der Waals surface area contributed by atoms with Gasteiger partial charge in [0.2, 0.25) is 0 Å². The monoisotopic (exact) mass is 220 g/mol. The van der Waals surface area contributed by atoms with Crippen molar-refractivity contribution < 1.29 is 8.42 Å². The second kappa shape index (κ2) is 2.71. The molecule has 1 fully saturated rings. The highest BCUT2D eigenvalue weighted by atomic mass is 32.2. The SMILES string of the molecule is CC1(C)CC(N)(N)CC(C)(C)S1(=O)=O. The number of sulfone groups is 1. The molecule has 0 spiro atoms. The molecule has 5 heteroatoms. The highest BCUT2D eigenvalue weighted by Gasteiger charge is 2.55. The van der Waals surface area contributed by atoms with E-state index in [-0.39, 0.29) is 0 Å². The molecule has 4 nitrogen and oxygen atoms in total. The smallest absolute Gasteiger partial charge is 0.160 e. The zero-order valence-corrected chi connectivity index (χ0v) is 10.1. The lowest BCUT2D eigenvalue weighted by molar-refractivity contribution is 0.274. The molecule has 0 aliphatic carbocycles. The van der Waals surface area contributed by atoms with Crippen LogP contribution in [-0.4, -0.2) is 23.6 Å². The van der Waals surface area contributed by atoms with Crippen molar-refractivity contribution in [3.05, 3.63) is 0 Å². The van der Waals surface area contributed by atoms with Crippen LogP contribution in [0.4, 0.5) is 0 Å². The lowest BCUT2D eigenvalue weighted by Gasteiger charge is -2.47. The molecule has 0 unspecified atom stereocenters. The summed E-state index contributed by atoms with van der Waals surface area (Å²) in [7, 11) is -3.17. The number of hydrogen-bond donors (Lipinski definition) is 2. The average Bonchev–Trinajstić information content (AvgIpc) is 1.77. The van der Waals surface area contributed by atoms with Gasteiger partial charge in [-0.05, 0) is 40.5 Å². The Balaban J connectivity index is 3.28. The largest absolute Gasteiger partial charge is 0.313 e. The Kier molecular flexibility index (Phi) is 2.31. The fourth-order valence-electron chi connectivity index (χ4n) is 2.59. The van der Waals surface area contributed by atoms with E-state index in [1.54, 1.807) is 27.7 Å². The van der Waals surface area contributed by atoms with Gasteiger partial charge in [0.25, 0.3) is 0 Å². The van der Waals surface area contributed by atoms with Crippen LogP contribution in [0.5, 0.6) is 0 Å². The van der Waals surface area contributed by atoms with Gasteiger partial charge in [-0.1, -0.05) is 0 Å². The first-order chi connectivity index (χ1) is 5.91. The van der Waals surface area contributed by atoms with Crippen molar-refractivity contribution in [1.29, 1.82) is 0 Å². The third-order valence-corrected chi connectivity index (χ3v) is 6.16. The lowest BCUT2D eigenvalue weighted by atomic mass is 9.88. The summed E-state index contributed by atoms with van der Waals surface area (Å²) in [5.41, 5.74) is 10.9. The van der Waals surface area contributed by atoms with Crippen LogP contribution in [0.1, 0.15) is 40.5 Å². The van der Waals surface area contributed by atoms with Gasteiger partial charge in [-0.15, -0.1) is 0 Å². The summed E-state index contributed by atoms with van der Waals surface area (Å²) < 4.78 is 22.6. The second-order valence-corrected chi connectivity index (χ2v) is 8.83. The van der Waals surface area contributed by atoms with E-state index in [4.69, 9.17) is 11.5 Å². The minimum atomic E-state index is -3.17. The first kappa shape index (κ1) is 11.9. The minimum Gasteiger partial charge on any atom is -0.313 e. The van der Waals surface area contributed by atoms with Gasteiger partial charge in [0.15, 0.2) is 9.84 Å². The van der Waals surface area contributed by atoms with Crippen molar-refractivity contribution in [3.63, 3.8) is 0 Å². The van der Waals surface area contributed by atoms with Crippen LogP contribution in [-0.2, 0) is 9.84 Å². The molecule has 14 heavy (non-hydrogen) atoms. The van der Waals surface area contributed by atoms with E-state index in [0.717, 1.165) is 0 Å². The van der Waals surface area contributed by atoms with Crippen molar-refractivity contribution in [3.8, 4) is 0 Å². The number of nitrogens with two attached hydrogens (primary N) is 2. The van der Waals surface area contributed by atoms with E-state index in [9.17, 15) is 8.42 Å². The van der Waals surface area contributed by atoms with Gasteiger partial charge in [0.1, 0.15) is 0 Å². The molecule has 0 bridgehead atoms. The van der Waals surface area contributed by atoms with Crippen molar-refractivity contribution in [2.75, 3.05) is 0 Å². The maximum Gasteiger partial charge on any atom is 0.160 e. The molecule has 1 aliphatic rings. The number of hydrogen-bond acceptors (Lipinski definition) is 4. The van der Waals surface area contributed by atoms with Crippen LogP contribution < -0.4 is 11.5 Å². The topological polar surface area (TPSA) is 86.2 Å². The Morgan fingerprint density at radius 2 is 1.21 bits per heavy atom. The summed E-state index contributed by atoms with van der Waals surface area (Å²) in [4.78, 5) is 0. The van der Waals surface area contributed by atoms with E-state index < -0.39 is 25.0 Å². The first-order valence-electron chi connectivity index (χ1n) is 4.73. The van der Waals surface area contributed by atoms with E-state index >= 15 is 0 Å². The standard InChI is InChI=1S/C9H20N2O2S/c1-7(2)5-9(10,11)6-8(3,4)14(7,12)13/h5-6,10-11H2,1-4H3. The molecular formula is C9H20N2O2S. The van der Waals surface area contributed by atoms with Crippen LogP contribution in [0.15, 0.2) is 0 Å². The third-order valence-electron chi connectivity index (χ3n) is 2.96. The third kappa shape index (κ3) is 1.57. The maximum atomic E-state index is 12.1. The van der Waals surface area contributed by atoms with Gasteiger partial charge in [0, 0.05) is 0 Å². The van der Waals surface area contributed by atoms with E-state index in [1.165, 1.54) is 0 Å². The van der Waals surface area contributed by atoms with Crippen LogP contribution >= 0.6 is 0 Å². The highest BCUT2D eigenvalue weighted by molar-refractivity contribution is 7.94. The predicted octanol–water partition coefficient (Wildman–Crippen LogP) is 0.366. The Morgan fingerprint density at radius 3 is 1.50 bits per heavy atom. The van der Waals surface area contributed by atoms with Gasteiger partial charge >= 0.3 is 0 Å². The Bertz CT molecular complexity index is 316. The van der Waals surface area contributed by atoms with E-state index in [2.05, 4.69) is 0 Å². The maximum absolute atomic E-state index is 12.1. The predicted molar refractivity (Wildman–Crippen MR) is 57.4 cm³/mol. The first-order valence-corrected chi connectivity index (χ1v) is 6.22. The van der Waals surface area contributed by atoms with Gasteiger partial charge in [-0.3, -0.25) is 0 Å². The molecule has 4 N–H and O–H groups in total. The van der Waals surface area contributed by atoms with Crippen LogP contribution in [0.3, 0.4) is 0 Å². The Morgan fingerprint density at radius 1 is 0.929 bits per heavy atom. The van der Waals surface area contributed by atoms with Crippen molar-refractivity contribution >= 4 is 9.84 Å². The molecule has 0 aromatic rings. The summed E-state index contributed by atoms with van der Waals surface area (Å²) >= 11 is 0. The fourth-order valence-corrected chi connectivity index (χ4v) is 5.00. The second-order valence-electron chi connectivity index (χ2n) is 5.61. The van der Waals surface area contributed by atoms with Crippen molar-refractivity contribution in [1.82, 2.24) is 0 Å². The van der Waals surface area contributed by atoms with Gasteiger partial charge in [-0.25, -0.2) is 8.42 Å². The van der Waals surface area contributed by atoms with E-state index in [1.807, 2.05) is 0 Å². The minimum absolute atomic E-state index is 0.311. The van der Waals surface area contributed by atoms with Gasteiger partial charge in [0.05, 0.1) is 15.2 Å². The molecule has 1 aliphatic heterocycles. The summed E-state index contributed by atoms with van der Waals surface area (Å²) in [6.07, 6.45) is 0.623. The molecule has 0 aromatic heterocycles. The molecule has 1 heterocycles. The zero-order chi connectivity index (χ0) is 11.4. The Labute approximate surface area is 86.0 Å². The highest BCUT2D eigenvalue weighted by Crippen LogP contribution is 2.43. The molecule has 1 saturated heterocycles. The van der Waals surface area contributed by atoms with Crippen molar-refractivity contribution in [2.45, 2.75) is 55.7 Å².